The maximum atomic E-state index is 14.0. The van der Waals surface area contributed by atoms with Gasteiger partial charge in [-0.3, -0.25) is 0 Å². The van der Waals surface area contributed by atoms with Crippen LogP contribution < -0.4 is 4.74 Å². The zero-order valence-electron chi connectivity index (χ0n) is 10.9. The summed E-state index contributed by atoms with van der Waals surface area (Å²) in [7, 11) is 0. The van der Waals surface area contributed by atoms with Crippen molar-refractivity contribution in [1.29, 1.82) is 0 Å². The van der Waals surface area contributed by atoms with Gasteiger partial charge in [0.1, 0.15) is 18.2 Å². The summed E-state index contributed by atoms with van der Waals surface area (Å²) < 4.78 is 20.7. The van der Waals surface area contributed by atoms with Crippen LogP contribution in [-0.2, 0) is 6.61 Å². The first-order valence-corrected chi connectivity index (χ1v) is 7.14. The SMILES string of the molecule is O=C(O)c1cccc(COc2ccc3sccc3c2)c1F. The molecule has 3 aromatic rings. The Hall–Kier alpha value is -2.40. The number of hydrogen-bond donors (Lipinski definition) is 1. The Morgan fingerprint density at radius 2 is 2.10 bits per heavy atom. The van der Waals surface area contributed by atoms with Crippen LogP contribution in [0.3, 0.4) is 0 Å². The molecule has 0 radical (unpaired) electrons. The molecule has 0 bridgehead atoms. The first-order chi connectivity index (χ1) is 10.1. The topological polar surface area (TPSA) is 46.5 Å². The Kier molecular flexibility index (Phi) is 3.58. The molecule has 3 rings (SSSR count). The average molecular weight is 302 g/mol. The zero-order chi connectivity index (χ0) is 14.8. The molecule has 5 heteroatoms. The van der Waals surface area contributed by atoms with Crippen LogP contribution in [0.4, 0.5) is 4.39 Å². The highest BCUT2D eigenvalue weighted by atomic mass is 32.1. The third kappa shape index (κ3) is 2.73. The van der Waals surface area contributed by atoms with Crippen molar-refractivity contribution >= 4 is 27.4 Å². The van der Waals surface area contributed by atoms with Crippen LogP contribution in [0.2, 0.25) is 0 Å². The van der Waals surface area contributed by atoms with Crippen molar-refractivity contribution in [1.82, 2.24) is 0 Å². The lowest BCUT2D eigenvalue weighted by atomic mass is 10.1. The molecule has 0 unspecified atom stereocenters. The lowest BCUT2D eigenvalue weighted by molar-refractivity contribution is 0.0691. The van der Waals surface area contributed by atoms with E-state index in [1.807, 2.05) is 29.6 Å². The van der Waals surface area contributed by atoms with E-state index in [9.17, 15) is 9.18 Å². The molecule has 0 aliphatic rings. The minimum atomic E-state index is -1.28. The minimum Gasteiger partial charge on any atom is -0.489 e. The fourth-order valence-corrected chi connectivity index (χ4v) is 2.82. The highest BCUT2D eigenvalue weighted by Gasteiger charge is 2.14. The molecule has 21 heavy (non-hydrogen) atoms. The second-order valence-electron chi connectivity index (χ2n) is 4.49. The molecule has 3 nitrogen and oxygen atoms in total. The molecule has 0 atom stereocenters. The summed E-state index contributed by atoms with van der Waals surface area (Å²) >= 11 is 1.64. The molecular formula is C16H11FO3S. The maximum Gasteiger partial charge on any atom is 0.338 e. The molecule has 1 N–H and O–H groups in total. The lowest BCUT2D eigenvalue weighted by Crippen LogP contribution is -2.05. The Morgan fingerprint density at radius 1 is 1.24 bits per heavy atom. The fourth-order valence-electron chi connectivity index (χ4n) is 2.05. The van der Waals surface area contributed by atoms with E-state index >= 15 is 0 Å². The van der Waals surface area contributed by atoms with Crippen LogP contribution >= 0.6 is 11.3 Å². The summed E-state index contributed by atoms with van der Waals surface area (Å²) in [4.78, 5) is 10.9. The van der Waals surface area contributed by atoms with Gasteiger partial charge in [0.15, 0.2) is 0 Å². The molecule has 1 aromatic heterocycles. The largest absolute Gasteiger partial charge is 0.489 e. The summed E-state index contributed by atoms with van der Waals surface area (Å²) in [6.45, 7) is -0.0113. The van der Waals surface area contributed by atoms with Crippen molar-refractivity contribution in [2.24, 2.45) is 0 Å². The van der Waals surface area contributed by atoms with Crippen molar-refractivity contribution in [3.63, 3.8) is 0 Å². The van der Waals surface area contributed by atoms with E-state index in [0.717, 1.165) is 10.1 Å². The van der Waals surface area contributed by atoms with Gasteiger partial charge in [0.05, 0.1) is 5.56 Å². The van der Waals surface area contributed by atoms with Gasteiger partial charge in [-0.2, -0.15) is 0 Å². The van der Waals surface area contributed by atoms with Crippen molar-refractivity contribution in [2.75, 3.05) is 0 Å². The van der Waals surface area contributed by atoms with E-state index in [1.165, 1.54) is 18.2 Å². The van der Waals surface area contributed by atoms with Crippen LogP contribution in [0, 0.1) is 5.82 Å². The standard InChI is InChI=1S/C16H11FO3S/c17-15-11(2-1-3-13(15)16(18)19)9-20-12-4-5-14-10(8-12)6-7-21-14/h1-8H,9H2,(H,18,19). The minimum absolute atomic E-state index is 0.0113. The molecule has 0 saturated carbocycles. The van der Waals surface area contributed by atoms with Crippen LogP contribution in [0.25, 0.3) is 10.1 Å². The highest BCUT2D eigenvalue weighted by Crippen LogP contribution is 2.26. The third-order valence-corrected chi connectivity index (χ3v) is 4.03. The number of carboxylic acids is 1. The summed E-state index contributed by atoms with van der Waals surface area (Å²) in [5, 5.41) is 11.9. The number of rotatable bonds is 4. The number of fused-ring (bicyclic) bond motifs is 1. The molecule has 0 fully saturated rings. The number of carbonyl (C=O) groups is 1. The average Bonchev–Trinajstić information content (AvgIpc) is 2.93. The molecule has 0 aliphatic heterocycles. The number of halogens is 1. The van der Waals surface area contributed by atoms with Crippen molar-refractivity contribution < 1.29 is 19.0 Å². The van der Waals surface area contributed by atoms with Crippen LogP contribution in [0.15, 0.2) is 47.8 Å². The summed E-state index contributed by atoms with van der Waals surface area (Å²) in [5.74, 6) is -1.41. The van der Waals surface area contributed by atoms with Gasteiger partial charge < -0.3 is 9.84 Å². The number of benzene rings is 2. The van der Waals surface area contributed by atoms with E-state index in [1.54, 1.807) is 11.3 Å². The van der Waals surface area contributed by atoms with Crippen LogP contribution in [0.1, 0.15) is 15.9 Å². The quantitative estimate of drug-likeness (QED) is 0.781. The molecule has 2 aromatic carbocycles. The van der Waals surface area contributed by atoms with Crippen LogP contribution in [0.5, 0.6) is 5.75 Å². The second kappa shape index (κ2) is 5.54. The first-order valence-electron chi connectivity index (χ1n) is 6.26. The Bertz CT molecular complexity index is 810. The molecule has 0 saturated heterocycles. The van der Waals surface area contributed by atoms with Crippen molar-refractivity contribution in [3.05, 3.63) is 64.8 Å². The van der Waals surface area contributed by atoms with E-state index < -0.39 is 11.8 Å². The molecule has 0 aliphatic carbocycles. The summed E-state index contributed by atoms with van der Waals surface area (Å²) in [6, 6.07) is 11.9. The Balaban J connectivity index is 1.81. The normalized spacial score (nSPS) is 10.7. The second-order valence-corrected chi connectivity index (χ2v) is 5.44. The van der Waals surface area contributed by atoms with Gasteiger partial charge in [-0.05, 0) is 41.1 Å². The number of thiophene rings is 1. The van der Waals surface area contributed by atoms with E-state index in [0.29, 0.717) is 5.75 Å². The van der Waals surface area contributed by atoms with Gasteiger partial charge in [0.25, 0.3) is 0 Å². The smallest absolute Gasteiger partial charge is 0.338 e. The summed E-state index contributed by atoms with van der Waals surface area (Å²) in [5.41, 5.74) is -0.121. The van der Waals surface area contributed by atoms with Gasteiger partial charge in [-0.1, -0.05) is 12.1 Å². The van der Waals surface area contributed by atoms with Gasteiger partial charge in [-0.15, -0.1) is 11.3 Å². The van der Waals surface area contributed by atoms with E-state index in [4.69, 9.17) is 9.84 Å². The molecule has 106 valence electrons. The zero-order valence-corrected chi connectivity index (χ0v) is 11.7. The number of carboxylic acid groups (broad SMARTS) is 1. The van der Waals surface area contributed by atoms with E-state index in [-0.39, 0.29) is 17.7 Å². The monoisotopic (exact) mass is 302 g/mol. The molecular weight excluding hydrogens is 291 g/mol. The van der Waals surface area contributed by atoms with Gasteiger partial charge in [0, 0.05) is 10.3 Å². The molecule has 1 heterocycles. The predicted molar refractivity (Wildman–Crippen MR) is 79.5 cm³/mol. The third-order valence-electron chi connectivity index (χ3n) is 3.13. The maximum absolute atomic E-state index is 14.0. The Morgan fingerprint density at radius 3 is 2.90 bits per heavy atom. The Labute approximate surface area is 124 Å². The van der Waals surface area contributed by atoms with Crippen molar-refractivity contribution in [2.45, 2.75) is 6.61 Å². The summed E-state index contributed by atoms with van der Waals surface area (Å²) in [6.07, 6.45) is 0. The molecule has 0 amide bonds. The van der Waals surface area contributed by atoms with Crippen LogP contribution in [-0.4, -0.2) is 11.1 Å². The number of aromatic carboxylic acids is 1. The van der Waals surface area contributed by atoms with Gasteiger partial charge in [-0.25, -0.2) is 9.18 Å². The number of hydrogen-bond acceptors (Lipinski definition) is 3. The van der Waals surface area contributed by atoms with Gasteiger partial charge in [0.2, 0.25) is 0 Å². The highest BCUT2D eigenvalue weighted by molar-refractivity contribution is 7.17. The van der Waals surface area contributed by atoms with E-state index in [2.05, 4.69) is 0 Å². The lowest BCUT2D eigenvalue weighted by Gasteiger charge is -2.08. The predicted octanol–water partition coefficient (Wildman–Crippen LogP) is 4.32. The van der Waals surface area contributed by atoms with Crippen molar-refractivity contribution in [3.8, 4) is 5.75 Å². The molecule has 0 spiro atoms. The van der Waals surface area contributed by atoms with Gasteiger partial charge >= 0.3 is 5.97 Å². The fraction of sp³-hybridized carbons (Fsp3) is 0.0625. The first kappa shape index (κ1) is 13.6. The number of ether oxygens (including phenoxy) is 1.